The van der Waals surface area contributed by atoms with Gasteiger partial charge in [0.05, 0.1) is 13.2 Å². The van der Waals surface area contributed by atoms with Gasteiger partial charge in [-0.25, -0.2) is 9.59 Å². The molecule has 1 aromatic heterocycles. The number of aliphatic carboxylic acids is 2. The number of hydrogen-bond acceptors (Lipinski definition) is 7. The molecule has 1 saturated carbocycles. The second-order valence-electron chi connectivity index (χ2n) is 17.3. The molecule has 1 spiro atoms. The number of benzene rings is 3. The van der Waals surface area contributed by atoms with E-state index in [1.54, 1.807) is 42.5 Å². The molecule has 1 heterocycles. The molecule has 0 bridgehead atoms. The normalized spacial score (nSPS) is 23.6. The fourth-order valence-electron chi connectivity index (χ4n) is 9.95. The number of hydrogen-bond donors (Lipinski definition) is 4. The number of amides is 1. The quantitative estimate of drug-likeness (QED) is 0.0812. The topological polar surface area (TPSA) is 147 Å². The number of carbonyl (C=O) groups excluding carboxylic acids is 1. The first-order valence-corrected chi connectivity index (χ1v) is 21.4. The van der Waals surface area contributed by atoms with Gasteiger partial charge in [-0.15, -0.1) is 0 Å². The van der Waals surface area contributed by atoms with Crippen LogP contribution in [0.5, 0.6) is 11.5 Å². The minimum atomic E-state index is -1.55. The number of rotatable bonds is 16. The average Bonchev–Trinajstić information content (AvgIpc) is 3.50. The fraction of sp³-hybridized carbons (Fsp3) is 0.458. The number of aromatic nitrogens is 1. The van der Waals surface area contributed by atoms with Gasteiger partial charge in [0.2, 0.25) is 5.91 Å². The highest BCUT2D eigenvalue weighted by Gasteiger charge is 2.54. The van der Waals surface area contributed by atoms with Gasteiger partial charge in [0.15, 0.2) is 5.54 Å². The lowest BCUT2D eigenvalue weighted by atomic mass is 9.59. The molecule has 4 N–H and O–H groups in total. The van der Waals surface area contributed by atoms with Crippen LogP contribution in [-0.2, 0) is 38.2 Å². The first kappa shape index (κ1) is 42.0. The summed E-state index contributed by atoms with van der Waals surface area (Å²) in [5.74, 6) is 0.208. The smallest absolute Gasteiger partial charge is 0.333 e. The maximum absolute atomic E-state index is 13.1. The number of aryl methyl sites for hydroxylation is 1. The Labute approximate surface area is 352 Å². The third-order valence-electron chi connectivity index (χ3n) is 13.3. The van der Waals surface area contributed by atoms with Crippen LogP contribution in [0.2, 0.25) is 5.02 Å². The van der Waals surface area contributed by atoms with Gasteiger partial charge >= 0.3 is 11.9 Å². The van der Waals surface area contributed by atoms with Gasteiger partial charge in [0.25, 0.3) is 0 Å². The van der Waals surface area contributed by atoms with Crippen molar-refractivity contribution in [3.05, 3.63) is 118 Å². The lowest BCUT2D eigenvalue weighted by Gasteiger charge is -2.47. The van der Waals surface area contributed by atoms with Crippen molar-refractivity contribution >= 4 is 35.1 Å². The summed E-state index contributed by atoms with van der Waals surface area (Å²) in [7, 11) is 0. The number of halogens is 1. The number of ether oxygens (including phenoxy) is 2. The van der Waals surface area contributed by atoms with Gasteiger partial charge in [-0.1, -0.05) is 67.9 Å². The summed E-state index contributed by atoms with van der Waals surface area (Å²) in [4.78, 5) is 42.9. The number of carbonyl (C=O) groups is 3. The largest absolute Gasteiger partial charge is 0.494 e. The maximum atomic E-state index is 13.1. The molecule has 0 radical (unpaired) electrons. The molecule has 3 aliphatic carbocycles. The Morgan fingerprint density at radius 2 is 1.76 bits per heavy atom. The molecular weight excluding hydrogens is 766 g/mol. The molecule has 0 aliphatic heterocycles. The predicted octanol–water partition coefficient (Wildman–Crippen LogP) is 9.47. The second-order valence-corrected chi connectivity index (χ2v) is 17.7. The second kappa shape index (κ2) is 17.6. The summed E-state index contributed by atoms with van der Waals surface area (Å²) in [5.41, 5.74) is 3.11. The van der Waals surface area contributed by atoms with Gasteiger partial charge in [-0.2, -0.15) is 0 Å². The van der Waals surface area contributed by atoms with Crippen molar-refractivity contribution in [1.29, 1.82) is 0 Å². The van der Waals surface area contributed by atoms with Crippen LogP contribution in [0.15, 0.2) is 85.1 Å². The molecular formula is C48H56ClN3O7. The maximum Gasteiger partial charge on any atom is 0.333 e. The molecule has 1 amide bonds. The lowest BCUT2D eigenvalue weighted by Crippen LogP contribution is -2.53. The van der Waals surface area contributed by atoms with Crippen LogP contribution < -0.4 is 20.1 Å². The molecule has 10 nitrogen and oxygen atoms in total. The molecule has 59 heavy (non-hydrogen) atoms. The molecule has 1 fully saturated rings. The number of pyridine rings is 1. The number of anilines is 1. The van der Waals surface area contributed by atoms with Crippen molar-refractivity contribution < 1.29 is 34.1 Å². The van der Waals surface area contributed by atoms with E-state index in [0.717, 1.165) is 43.5 Å². The zero-order valence-corrected chi connectivity index (χ0v) is 35.0. The van der Waals surface area contributed by atoms with E-state index in [1.165, 1.54) is 23.6 Å². The van der Waals surface area contributed by atoms with E-state index in [1.807, 2.05) is 30.5 Å². The van der Waals surface area contributed by atoms with Crippen LogP contribution in [0, 0.1) is 11.8 Å². The number of nitrogens with one attached hydrogen (secondary N) is 2. The molecule has 11 heteroatoms. The molecule has 2 unspecified atom stereocenters. The third-order valence-corrected chi connectivity index (χ3v) is 13.5. The number of carboxylic acids is 2. The number of nitrogens with zero attached hydrogens (tertiary/aromatic N) is 1. The van der Waals surface area contributed by atoms with Crippen molar-refractivity contribution in [3.63, 3.8) is 0 Å². The Kier molecular flexibility index (Phi) is 12.6. The predicted molar refractivity (Wildman–Crippen MR) is 228 cm³/mol. The summed E-state index contributed by atoms with van der Waals surface area (Å²) in [6, 6.07) is 24.2. The Morgan fingerprint density at radius 3 is 2.49 bits per heavy atom. The number of carboxylic acid groups (broad SMARTS) is 2. The first-order chi connectivity index (χ1) is 28.3. The van der Waals surface area contributed by atoms with E-state index >= 15 is 0 Å². The van der Waals surface area contributed by atoms with Gasteiger partial charge in [-0.3, -0.25) is 9.78 Å². The van der Waals surface area contributed by atoms with Crippen LogP contribution in [0.4, 0.5) is 5.69 Å². The van der Waals surface area contributed by atoms with Gasteiger partial charge < -0.3 is 30.3 Å². The summed E-state index contributed by atoms with van der Waals surface area (Å²) in [5, 5.41) is 27.3. The fourth-order valence-corrected chi connectivity index (χ4v) is 10.1. The Balaban J connectivity index is 1.06. The van der Waals surface area contributed by atoms with E-state index in [-0.39, 0.29) is 36.2 Å². The minimum absolute atomic E-state index is 0.102. The van der Waals surface area contributed by atoms with E-state index in [4.69, 9.17) is 21.1 Å². The van der Waals surface area contributed by atoms with E-state index < -0.39 is 23.0 Å². The summed E-state index contributed by atoms with van der Waals surface area (Å²) in [6.07, 6.45) is 9.68. The molecule has 7 rings (SSSR count). The average molecular weight is 822 g/mol. The molecule has 4 aromatic rings. The molecule has 0 saturated heterocycles. The molecule has 312 valence electrons. The van der Waals surface area contributed by atoms with Crippen molar-refractivity contribution in [2.75, 3.05) is 18.5 Å². The molecule has 3 aliphatic rings. The monoisotopic (exact) mass is 821 g/mol. The van der Waals surface area contributed by atoms with Crippen LogP contribution in [0.3, 0.4) is 0 Å². The van der Waals surface area contributed by atoms with E-state index in [0.29, 0.717) is 66.7 Å². The van der Waals surface area contributed by atoms with Crippen molar-refractivity contribution in [3.8, 4) is 11.5 Å². The highest BCUT2D eigenvalue weighted by molar-refractivity contribution is 6.30. The van der Waals surface area contributed by atoms with E-state index in [9.17, 15) is 24.6 Å². The van der Waals surface area contributed by atoms with Gasteiger partial charge in [-0.05, 0) is 147 Å². The standard InChI is InChI=1S/C48H56ClN3O7/c1-31(30-59-41-19-24-50-40-15-7-10-32(2)43(40)41)26-35-27-33-17-18-38(58-25-9-16-42(53)52-46(3,44(54)55)34-11-5-4-6-12-34)29-39(33)47(35)20-22-48(23-21-47,45(56)57)51-37-14-8-13-36(49)28-37/h4-6,8,11-14,17-19,24,28-29,31-32,35,51H,7,9-10,15-16,20-23,25-27,30H2,1-3H3,(H,52,53)(H,54,55)(H,56,57)/t31-,32-,35?,46?,47?,48?/m1/s1. The Hall–Kier alpha value is -5.09. The van der Waals surface area contributed by atoms with Crippen molar-refractivity contribution in [1.82, 2.24) is 10.3 Å². The molecule has 4 atom stereocenters. The summed E-state index contributed by atoms with van der Waals surface area (Å²) in [6.45, 7) is 6.86. The van der Waals surface area contributed by atoms with Crippen LogP contribution in [0.25, 0.3) is 0 Å². The molecule has 3 aromatic carbocycles. The van der Waals surface area contributed by atoms with Crippen LogP contribution >= 0.6 is 11.6 Å². The van der Waals surface area contributed by atoms with Gasteiger partial charge in [0, 0.05) is 34.6 Å². The first-order valence-electron chi connectivity index (χ1n) is 21.1. The van der Waals surface area contributed by atoms with Crippen molar-refractivity contribution in [2.24, 2.45) is 11.8 Å². The minimum Gasteiger partial charge on any atom is -0.494 e. The van der Waals surface area contributed by atoms with Gasteiger partial charge in [0.1, 0.15) is 17.0 Å². The third kappa shape index (κ3) is 8.93. The highest BCUT2D eigenvalue weighted by atomic mass is 35.5. The van der Waals surface area contributed by atoms with Crippen molar-refractivity contribution in [2.45, 2.75) is 114 Å². The highest BCUT2D eigenvalue weighted by Crippen LogP contribution is 2.57. The summed E-state index contributed by atoms with van der Waals surface area (Å²) < 4.78 is 12.8. The Morgan fingerprint density at radius 1 is 0.983 bits per heavy atom. The zero-order valence-electron chi connectivity index (χ0n) is 34.3. The van der Waals surface area contributed by atoms with Crippen LogP contribution in [-0.4, -0.2) is 51.8 Å². The zero-order chi connectivity index (χ0) is 41.8. The Bertz CT molecular complexity index is 2150. The summed E-state index contributed by atoms with van der Waals surface area (Å²) >= 11 is 6.30. The lowest BCUT2D eigenvalue weighted by molar-refractivity contribution is -0.147. The SMILES string of the molecule is C[C@@H](COc1ccnc2c1[C@H](C)CCC2)CC1Cc2ccc(OCCCC(=O)NC(C)(C(=O)O)c3ccccc3)cc2C12CCC(Nc1cccc(Cl)c1)(C(=O)O)CC2. The van der Waals surface area contributed by atoms with Crippen LogP contribution in [0.1, 0.15) is 112 Å². The number of fused-ring (bicyclic) bond motifs is 3. The van der Waals surface area contributed by atoms with E-state index in [2.05, 4.69) is 41.6 Å².